The number of anilines is 1. The third-order valence-electron chi connectivity index (χ3n) is 1.39. The van der Waals surface area contributed by atoms with E-state index in [2.05, 4.69) is 11.5 Å². The van der Waals surface area contributed by atoms with Crippen molar-refractivity contribution in [1.29, 1.82) is 5.26 Å². The van der Waals surface area contributed by atoms with E-state index in [1.807, 2.05) is 32.3 Å². The van der Waals surface area contributed by atoms with Crippen LogP contribution in [0.2, 0.25) is 0 Å². The average Bonchev–Trinajstić information content (AvgIpc) is 2.04. The molecule has 0 saturated carbocycles. The lowest BCUT2D eigenvalue weighted by atomic mass is 10.2. The lowest BCUT2D eigenvalue weighted by molar-refractivity contribution is 0.495. The molecule has 0 aliphatic rings. The molecule has 0 bridgehead atoms. The van der Waals surface area contributed by atoms with E-state index in [1.165, 1.54) is 0 Å². The van der Waals surface area contributed by atoms with Gasteiger partial charge in [-0.2, -0.15) is 5.26 Å². The summed E-state index contributed by atoms with van der Waals surface area (Å²) in [5.74, 6) is 0. The Morgan fingerprint density at radius 2 is 2.00 bits per heavy atom. The van der Waals surface area contributed by atoms with Gasteiger partial charge < -0.3 is 5.43 Å². The maximum Gasteiger partial charge on any atom is 0.101 e. The molecule has 62 valence electrons. The van der Waals surface area contributed by atoms with Gasteiger partial charge in [0.25, 0.3) is 0 Å². The highest BCUT2D eigenvalue weighted by Gasteiger charge is 1.98. The number of para-hydroxylation sites is 1. The van der Waals surface area contributed by atoms with Crippen LogP contribution in [0.15, 0.2) is 24.3 Å². The number of hydrogen-bond donors (Lipinski definition) is 1. The molecule has 1 N–H and O–H groups in total. The lowest BCUT2D eigenvalue weighted by Gasteiger charge is -2.13. The van der Waals surface area contributed by atoms with E-state index in [0.29, 0.717) is 5.56 Å². The molecule has 0 amide bonds. The van der Waals surface area contributed by atoms with Gasteiger partial charge >= 0.3 is 0 Å². The molecule has 0 radical (unpaired) electrons. The SMILES string of the molecule is CN(C)Nc1ccccc1C#N. The summed E-state index contributed by atoms with van der Waals surface area (Å²) in [6, 6.07) is 9.51. The predicted octanol–water partition coefficient (Wildman–Crippen LogP) is 1.45. The molecule has 1 aromatic carbocycles. The van der Waals surface area contributed by atoms with Crippen molar-refractivity contribution in [3.8, 4) is 6.07 Å². The molecular formula is C9H11N3. The molecule has 1 rings (SSSR count). The molecule has 0 unspecified atom stereocenters. The zero-order valence-corrected chi connectivity index (χ0v) is 7.20. The van der Waals surface area contributed by atoms with Gasteiger partial charge in [0.15, 0.2) is 0 Å². The highest BCUT2D eigenvalue weighted by atomic mass is 15.5. The standard InChI is InChI=1S/C9H11N3/c1-12(2)11-9-6-4-3-5-8(9)7-10/h3-6,11H,1-2H3. The summed E-state index contributed by atoms with van der Waals surface area (Å²) in [6.07, 6.45) is 0. The van der Waals surface area contributed by atoms with Crippen LogP contribution in [0.3, 0.4) is 0 Å². The van der Waals surface area contributed by atoms with Gasteiger partial charge in [-0.1, -0.05) is 12.1 Å². The second kappa shape index (κ2) is 3.74. The Morgan fingerprint density at radius 1 is 1.33 bits per heavy atom. The van der Waals surface area contributed by atoms with Gasteiger partial charge in [-0.25, -0.2) is 5.01 Å². The van der Waals surface area contributed by atoms with Gasteiger partial charge in [0.05, 0.1) is 11.3 Å². The predicted molar refractivity (Wildman–Crippen MR) is 48.5 cm³/mol. The summed E-state index contributed by atoms with van der Waals surface area (Å²) in [4.78, 5) is 0. The summed E-state index contributed by atoms with van der Waals surface area (Å²) in [6.45, 7) is 0. The van der Waals surface area contributed by atoms with E-state index in [0.717, 1.165) is 5.69 Å². The number of benzene rings is 1. The quantitative estimate of drug-likeness (QED) is 0.667. The van der Waals surface area contributed by atoms with Gasteiger partial charge in [0.2, 0.25) is 0 Å². The summed E-state index contributed by atoms with van der Waals surface area (Å²) >= 11 is 0. The van der Waals surface area contributed by atoms with Crippen molar-refractivity contribution < 1.29 is 0 Å². The zero-order chi connectivity index (χ0) is 8.97. The Kier molecular flexibility index (Phi) is 2.67. The van der Waals surface area contributed by atoms with Crippen LogP contribution in [-0.4, -0.2) is 19.1 Å². The maximum absolute atomic E-state index is 8.72. The second-order valence-corrected chi connectivity index (χ2v) is 2.66. The van der Waals surface area contributed by atoms with Crippen molar-refractivity contribution in [2.45, 2.75) is 0 Å². The number of hydrogen-bond acceptors (Lipinski definition) is 3. The summed E-state index contributed by atoms with van der Waals surface area (Å²) in [5.41, 5.74) is 4.53. The number of hydrazine groups is 1. The van der Waals surface area contributed by atoms with Crippen molar-refractivity contribution in [1.82, 2.24) is 5.01 Å². The molecule has 0 spiro atoms. The summed E-state index contributed by atoms with van der Waals surface area (Å²) < 4.78 is 0. The van der Waals surface area contributed by atoms with Gasteiger partial charge in [0, 0.05) is 14.1 Å². The molecule has 0 aromatic heterocycles. The summed E-state index contributed by atoms with van der Waals surface area (Å²) in [7, 11) is 3.77. The Bertz CT molecular complexity index is 299. The monoisotopic (exact) mass is 161 g/mol. The smallest absolute Gasteiger partial charge is 0.101 e. The molecule has 0 heterocycles. The van der Waals surface area contributed by atoms with E-state index in [1.54, 1.807) is 11.1 Å². The Labute approximate surface area is 72.2 Å². The Morgan fingerprint density at radius 3 is 2.58 bits per heavy atom. The van der Waals surface area contributed by atoms with E-state index in [-0.39, 0.29) is 0 Å². The van der Waals surface area contributed by atoms with E-state index in [4.69, 9.17) is 5.26 Å². The highest BCUT2D eigenvalue weighted by molar-refractivity contribution is 5.56. The minimum absolute atomic E-state index is 0.659. The highest BCUT2D eigenvalue weighted by Crippen LogP contribution is 2.12. The molecule has 3 nitrogen and oxygen atoms in total. The van der Waals surface area contributed by atoms with Crippen molar-refractivity contribution in [3.05, 3.63) is 29.8 Å². The van der Waals surface area contributed by atoms with E-state index < -0.39 is 0 Å². The number of rotatable bonds is 2. The van der Waals surface area contributed by atoms with Crippen LogP contribution in [0.25, 0.3) is 0 Å². The van der Waals surface area contributed by atoms with Crippen LogP contribution in [0, 0.1) is 11.3 Å². The third kappa shape index (κ3) is 1.97. The molecule has 3 heteroatoms. The molecule has 0 saturated heterocycles. The van der Waals surface area contributed by atoms with E-state index in [9.17, 15) is 0 Å². The molecule has 0 atom stereocenters. The number of nitrogens with zero attached hydrogens (tertiary/aromatic N) is 2. The van der Waals surface area contributed by atoms with Crippen molar-refractivity contribution >= 4 is 5.69 Å². The molecular weight excluding hydrogens is 150 g/mol. The first kappa shape index (κ1) is 8.57. The molecule has 0 fully saturated rings. The largest absolute Gasteiger partial charge is 0.318 e. The first-order valence-electron chi connectivity index (χ1n) is 3.67. The first-order valence-corrected chi connectivity index (χ1v) is 3.67. The van der Waals surface area contributed by atoms with Crippen molar-refractivity contribution in [2.75, 3.05) is 19.5 Å². The fourth-order valence-electron chi connectivity index (χ4n) is 0.919. The fraction of sp³-hybridized carbons (Fsp3) is 0.222. The first-order chi connectivity index (χ1) is 5.74. The topological polar surface area (TPSA) is 39.1 Å². The van der Waals surface area contributed by atoms with Gasteiger partial charge in [-0.05, 0) is 12.1 Å². The summed E-state index contributed by atoms with van der Waals surface area (Å²) in [5, 5.41) is 10.5. The normalized spacial score (nSPS) is 9.50. The second-order valence-electron chi connectivity index (χ2n) is 2.66. The maximum atomic E-state index is 8.72. The van der Waals surface area contributed by atoms with Crippen LogP contribution >= 0.6 is 0 Å². The van der Waals surface area contributed by atoms with Crippen molar-refractivity contribution in [3.63, 3.8) is 0 Å². The molecule has 0 aliphatic carbocycles. The molecule has 1 aromatic rings. The van der Waals surface area contributed by atoms with Crippen LogP contribution in [0.4, 0.5) is 5.69 Å². The number of nitriles is 1. The van der Waals surface area contributed by atoms with Crippen LogP contribution in [0.5, 0.6) is 0 Å². The van der Waals surface area contributed by atoms with Crippen molar-refractivity contribution in [2.24, 2.45) is 0 Å². The number of nitrogens with one attached hydrogen (secondary N) is 1. The van der Waals surface area contributed by atoms with Gasteiger partial charge in [-0.3, -0.25) is 0 Å². The average molecular weight is 161 g/mol. The van der Waals surface area contributed by atoms with E-state index >= 15 is 0 Å². The fourth-order valence-corrected chi connectivity index (χ4v) is 0.919. The lowest BCUT2D eigenvalue weighted by Crippen LogP contribution is -2.20. The molecule has 12 heavy (non-hydrogen) atoms. The van der Waals surface area contributed by atoms with Gasteiger partial charge in [0.1, 0.15) is 6.07 Å². The minimum Gasteiger partial charge on any atom is -0.318 e. The van der Waals surface area contributed by atoms with Crippen LogP contribution in [0.1, 0.15) is 5.56 Å². The third-order valence-corrected chi connectivity index (χ3v) is 1.39. The van der Waals surface area contributed by atoms with Crippen LogP contribution < -0.4 is 5.43 Å². The Hall–Kier alpha value is -1.53. The van der Waals surface area contributed by atoms with Crippen LogP contribution in [-0.2, 0) is 0 Å². The minimum atomic E-state index is 0.659. The van der Waals surface area contributed by atoms with Gasteiger partial charge in [-0.15, -0.1) is 0 Å². The zero-order valence-electron chi connectivity index (χ0n) is 7.20. The molecule has 0 aliphatic heterocycles. The Balaban J connectivity index is 2.91.